The Kier molecular flexibility index (Phi) is 2.94. The Morgan fingerprint density at radius 1 is 1.25 bits per heavy atom. The van der Waals surface area contributed by atoms with E-state index in [0.29, 0.717) is 30.3 Å². The summed E-state index contributed by atoms with van der Waals surface area (Å²) in [4.78, 5) is 11.1. The maximum atomic E-state index is 11.1. The molecule has 1 aliphatic heterocycles. The van der Waals surface area contributed by atoms with E-state index in [9.17, 15) is 4.79 Å². The van der Waals surface area contributed by atoms with Gasteiger partial charge in [0.2, 0.25) is 11.6 Å². The van der Waals surface area contributed by atoms with Gasteiger partial charge in [-0.2, -0.15) is 0 Å². The van der Waals surface area contributed by atoms with Gasteiger partial charge in [0.1, 0.15) is 0 Å². The number of nitrogens with two attached hydrogens (primary N) is 1. The van der Waals surface area contributed by atoms with Gasteiger partial charge in [0.25, 0.3) is 0 Å². The minimum atomic E-state index is -1.20. The predicted octanol–water partition coefficient (Wildman–Crippen LogP) is 1.78. The van der Waals surface area contributed by atoms with E-state index in [1.165, 1.54) is 0 Å². The largest absolute Gasteiger partial charge is 0.490 e. The molecule has 3 rings (SSSR count). The van der Waals surface area contributed by atoms with Crippen molar-refractivity contribution in [3.63, 3.8) is 0 Å². The van der Waals surface area contributed by atoms with E-state index in [4.69, 9.17) is 24.8 Å². The van der Waals surface area contributed by atoms with Crippen LogP contribution in [0.1, 0.15) is 16.9 Å². The van der Waals surface area contributed by atoms with Crippen molar-refractivity contribution in [3.8, 4) is 22.6 Å². The van der Waals surface area contributed by atoms with Crippen molar-refractivity contribution in [2.75, 3.05) is 18.9 Å². The van der Waals surface area contributed by atoms with Gasteiger partial charge in [-0.15, -0.1) is 0 Å². The van der Waals surface area contributed by atoms with Crippen LogP contribution in [-0.4, -0.2) is 29.4 Å². The van der Waals surface area contributed by atoms with E-state index >= 15 is 0 Å². The number of ether oxygens (including phenoxy) is 2. The average molecular weight is 276 g/mol. The van der Waals surface area contributed by atoms with Crippen LogP contribution in [-0.2, 0) is 0 Å². The molecule has 0 spiro atoms. The second-order valence-corrected chi connectivity index (χ2v) is 4.29. The summed E-state index contributed by atoms with van der Waals surface area (Å²) < 4.78 is 15.8. The van der Waals surface area contributed by atoms with Gasteiger partial charge in [-0.05, 0) is 17.7 Å². The number of rotatable bonds is 2. The zero-order chi connectivity index (χ0) is 14.1. The molecule has 2 aromatic rings. The Bertz CT molecular complexity index is 665. The number of benzene rings is 1. The van der Waals surface area contributed by atoms with Gasteiger partial charge < -0.3 is 24.8 Å². The first-order valence-electron chi connectivity index (χ1n) is 6.05. The fourth-order valence-electron chi connectivity index (χ4n) is 2.05. The topological polar surface area (TPSA) is 108 Å². The number of carboxylic acids is 1. The Hall–Kier alpha value is -2.70. The Balaban J connectivity index is 2.09. The first kappa shape index (κ1) is 12.3. The number of anilines is 1. The van der Waals surface area contributed by atoms with E-state index in [2.05, 4.69) is 5.16 Å². The normalized spacial score (nSPS) is 13.8. The standard InChI is InChI=1S/C13H12N2O5/c14-12-10(11(13(16)17)15-20-12)7-2-3-8-9(6-7)19-5-1-4-18-8/h2-3,6H,1,4-5,14H2,(H,16,17). The van der Waals surface area contributed by atoms with E-state index in [-0.39, 0.29) is 17.1 Å². The summed E-state index contributed by atoms with van der Waals surface area (Å²) in [5.41, 5.74) is 6.23. The molecular formula is C13H12N2O5. The molecule has 104 valence electrons. The molecular weight excluding hydrogens is 264 g/mol. The molecule has 0 atom stereocenters. The molecule has 2 heterocycles. The van der Waals surface area contributed by atoms with E-state index in [1.807, 2.05) is 0 Å². The van der Waals surface area contributed by atoms with Gasteiger partial charge >= 0.3 is 5.97 Å². The Morgan fingerprint density at radius 2 is 2.00 bits per heavy atom. The molecule has 0 unspecified atom stereocenters. The predicted molar refractivity (Wildman–Crippen MR) is 68.9 cm³/mol. The van der Waals surface area contributed by atoms with Gasteiger partial charge in [-0.3, -0.25) is 0 Å². The van der Waals surface area contributed by atoms with Crippen LogP contribution >= 0.6 is 0 Å². The van der Waals surface area contributed by atoms with Crippen LogP contribution in [0.5, 0.6) is 11.5 Å². The summed E-state index contributed by atoms with van der Waals surface area (Å²) in [5, 5.41) is 12.5. The highest BCUT2D eigenvalue weighted by Crippen LogP contribution is 2.37. The maximum Gasteiger partial charge on any atom is 0.358 e. The zero-order valence-electron chi connectivity index (χ0n) is 10.5. The second-order valence-electron chi connectivity index (χ2n) is 4.29. The van der Waals surface area contributed by atoms with Gasteiger partial charge in [0, 0.05) is 6.42 Å². The molecule has 7 heteroatoms. The average Bonchev–Trinajstić information content (AvgIpc) is 2.68. The van der Waals surface area contributed by atoms with Crippen LogP contribution in [0.25, 0.3) is 11.1 Å². The lowest BCUT2D eigenvalue weighted by Gasteiger charge is -2.08. The molecule has 0 aliphatic carbocycles. The van der Waals surface area contributed by atoms with Crippen LogP contribution in [0.2, 0.25) is 0 Å². The van der Waals surface area contributed by atoms with E-state index < -0.39 is 5.97 Å². The van der Waals surface area contributed by atoms with Crippen molar-refractivity contribution in [2.24, 2.45) is 0 Å². The smallest absolute Gasteiger partial charge is 0.358 e. The van der Waals surface area contributed by atoms with E-state index in [1.54, 1.807) is 18.2 Å². The van der Waals surface area contributed by atoms with Crippen molar-refractivity contribution in [3.05, 3.63) is 23.9 Å². The summed E-state index contributed by atoms with van der Waals surface area (Å²) in [6.45, 7) is 1.13. The molecule has 1 aromatic carbocycles. The first-order chi connectivity index (χ1) is 9.66. The minimum Gasteiger partial charge on any atom is -0.490 e. The molecule has 0 saturated carbocycles. The first-order valence-corrected chi connectivity index (χ1v) is 6.05. The highest BCUT2D eigenvalue weighted by atomic mass is 16.5. The number of hydrogen-bond acceptors (Lipinski definition) is 6. The number of nitrogen functional groups attached to an aromatic ring is 1. The minimum absolute atomic E-state index is 0.0445. The number of carbonyl (C=O) groups is 1. The zero-order valence-corrected chi connectivity index (χ0v) is 10.5. The number of nitrogens with zero attached hydrogens (tertiary/aromatic N) is 1. The van der Waals surface area contributed by atoms with Gasteiger partial charge in [-0.1, -0.05) is 11.2 Å². The van der Waals surface area contributed by atoms with Gasteiger partial charge in [-0.25, -0.2) is 4.79 Å². The summed E-state index contributed by atoms with van der Waals surface area (Å²) >= 11 is 0. The quantitative estimate of drug-likeness (QED) is 0.860. The SMILES string of the molecule is Nc1onc(C(=O)O)c1-c1ccc2c(c1)OCCCO2. The van der Waals surface area contributed by atoms with Crippen molar-refractivity contribution >= 4 is 11.9 Å². The molecule has 0 radical (unpaired) electrons. The van der Waals surface area contributed by atoms with Crippen molar-refractivity contribution < 1.29 is 23.9 Å². The molecule has 20 heavy (non-hydrogen) atoms. The Labute approximate surface area is 113 Å². The maximum absolute atomic E-state index is 11.1. The summed E-state index contributed by atoms with van der Waals surface area (Å²) in [5.74, 6) is -0.0699. The monoisotopic (exact) mass is 276 g/mol. The molecule has 3 N–H and O–H groups in total. The summed E-state index contributed by atoms with van der Waals surface area (Å²) in [6.07, 6.45) is 0.791. The Morgan fingerprint density at radius 3 is 2.75 bits per heavy atom. The summed E-state index contributed by atoms with van der Waals surface area (Å²) in [7, 11) is 0. The number of fused-ring (bicyclic) bond motifs is 1. The molecule has 1 aromatic heterocycles. The molecule has 7 nitrogen and oxygen atoms in total. The van der Waals surface area contributed by atoms with Crippen molar-refractivity contribution in [2.45, 2.75) is 6.42 Å². The second kappa shape index (κ2) is 4.76. The number of carboxylic acid groups (broad SMARTS) is 1. The van der Waals surface area contributed by atoms with Crippen LogP contribution in [0.3, 0.4) is 0 Å². The van der Waals surface area contributed by atoms with Crippen molar-refractivity contribution in [1.29, 1.82) is 0 Å². The number of aromatic carboxylic acids is 1. The lowest BCUT2D eigenvalue weighted by atomic mass is 10.0. The van der Waals surface area contributed by atoms with E-state index in [0.717, 1.165) is 6.42 Å². The molecule has 0 amide bonds. The van der Waals surface area contributed by atoms with Gasteiger partial charge in [0.15, 0.2) is 11.5 Å². The molecule has 1 aliphatic rings. The van der Waals surface area contributed by atoms with Crippen molar-refractivity contribution in [1.82, 2.24) is 5.16 Å². The highest BCUT2D eigenvalue weighted by Gasteiger charge is 2.23. The lowest BCUT2D eigenvalue weighted by Crippen LogP contribution is -2.00. The number of hydrogen-bond donors (Lipinski definition) is 2. The number of aromatic nitrogens is 1. The van der Waals surface area contributed by atoms with Crippen LogP contribution < -0.4 is 15.2 Å². The highest BCUT2D eigenvalue weighted by molar-refractivity contribution is 5.97. The fraction of sp³-hybridized carbons (Fsp3) is 0.231. The van der Waals surface area contributed by atoms with Crippen LogP contribution in [0.4, 0.5) is 5.88 Å². The van der Waals surface area contributed by atoms with Gasteiger partial charge in [0.05, 0.1) is 18.8 Å². The third-order valence-electron chi connectivity index (χ3n) is 2.96. The van der Waals surface area contributed by atoms with Crippen LogP contribution in [0, 0.1) is 0 Å². The fourth-order valence-corrected chi connectivity index (χ4v) is 2.05. The molecule has 0 saturated heterocycles. The molecule has 0 fully saturated rings. The third kappa shape index (κ3) is 2.03. The molecule has 0 bridgehead atoms. The lowest BCUT2D eigenvalue weighted by molar-refractivity contribution is 0.0686. The van der Waals surface area contributed by atoms with Crippen LogP contribution in [0.15, 0.2) is 22.7 Å². The third-order valence-corrected chi connectivity index (χ3v) is 2.96. The summed E-state index contributed by atoms with van der Waals surface area (Å²) in [6, 6.07) is 5.09.